The monoisotopic (exact) mass is 682 g/mol. The molecule has 49 heavy (non-hydrogen) atoms. The lowest BCUT2D eigenvalue weighted by Crippen LogP contribution is -2.51. The van der Waals surface area contributed by atoms with Crippen molar-refractivity contribution in [3.8, 4) is 0 Å². The van der Waals surface area contributed by atoms with Gasteiger partial charge in [-0.3, -0.25) is 4.79 Å². The van der Waals surface area contributed by atoms with Crippen LogP contribution in [0.5, 0.6) is 0 Å². The molecule has 4 saturated carbocycles. The van der Waals surface area contributed by atoms with Crippen molar-refractivity contribution < 1.29 is 28.2 Å². The average molecular weight is 683 g/mol. The first kappa shape index (κ1) is 35.0. The van der Waals surface area contributed by atoms with Gasteiger partial charge < -0.3 is 9.84 Å². The minimum Gasteiger partial charge on any atom is -0.477 e. The highest BCUT2D eigenvalue weighted by Crippen LogP contribution is 2.61. The second-order valence-electron chi connectivity index (χ2n) is 15.1. The Balaban J connectivity index is 0.000000171. The molecule has 1 N–H and O–H groups in total. The second-order valence-corrected chi connectivity index (χ2v) is 17.3. The van der Waals surface area contributed by atoms with Crippen LogP contribution in [0.25, 0.3) is 0 Å². The fraction of sp³-hybridized carbons (Fsp3) is 0.381. The molecule has 4 aromatic carbocycles. The molecule has 4 fully saturated rings. The summed E-state index contributed by atoms with van der Waals surface area (Å²) in [5.41, 5.74) is 0.868. The number of hydrogen-bond donors (Lipinski definition) is 1. The smallest absolute Gasteiger partial charge is 0.382 e. The van der Waals surface area contributed by atoms with Crippen LogP contribution in [-0.2, 0) is 19.7 Å². The van der Waals surface area contributed by atoms with E-state index in [1.807, 2.05) is 0 Å². The van der Waals surface area contributed by atoms with E-state index in [1.165, 1.54) is 45.7 Å². The van der Waals surface area contributed by atoms with Gasteiger partial charge in [-0.05, 0) is 96.7 Å². The highest BCUT2D eigenvalue weighted by Gasteiger charge is 2.58. The van der Waals surface area contributed by atoms with Gasteiger partial charge >= 0.3 is 17.9 Å². The molecule has 7 heteroatoms. The number of benzene rings is 4. The summed E-state index contributed by atoms with van der Waals surface area (Å²) in [5, 5.41) is 13.2. The third-order valence-corrected chi connectivity index (χ3v) is 12.9. The number of esters is 1. The molecule has 0 aromatic heterocycles. The highest BCUT2D eigenvalue weighted by atomic mass is 31.1. The van der Waals surface area contributed by atoms with Crippen LogP contribution in [0.2, 0.25) is 0 Å². The first-order valence-corrected chi connectivity index (χ1v) is 18.6. The Morgan fingerprint density at radius 3 is 1.51 bits per heavy atom. The van der Waals surface area contributed by atoms with E-state index in [4.69, 9.17) is 9.84 Å². The van der Waals surface area contributed by atoms with E-state index < -0.39 is 37.3 Å². The van der Waals surface area contributed by atoms with Gasteiger partial charge in [-0.1, -0.05) is 136 Å². The summed E-state index contributed by atoms with van der Waals surface area (Å²) in [6.45, 7) is 6.79. The van der Waals surface area contributed by atoms with E-state index in [2.05, 4.69) is 106 Å². The van der Waals surface area contributed by atoms with Crippen LogP contribution in [-0.4, -0.2) is 23.0 Å². The minimum absolute atomic E-state index is 0.00187. The minimum atomic E-state index is -4.18. The largest absolute Gasteiger partial charge is 0.477 e. The highest BCUT2D eigenvalue weighted by molar-refractivity contribution is 7.79. The van der Waals surface area contributed by atoms with Crippen molar-refractivity contribution in [3.63, 3.8) is 0 Å². The molecular formula is C42H45F2O4P. The topological polar surface area (TPSA) is 63.6 Å². The number of hydrogen-bond acceptors (Lipinski definition) is 3. The molecule has 4 aliphatic carbocycles. The number of carboxylic acid groups (broad SMARTS) is 1. The molecule has 4 aliphatic rings. The maximum Gasteiger partial charge on any atom is 0.382 e. The van der Waals surface area contributed by atoms with Gasteiger partial charge in [0.15, 0.2) is 0 Å². The summed E-state index contributed by atoms with van der Waals surface area (Å²) in [4.78, 5) is 24.1. The van der Waals surface area contributed by atoms with Crippen LogP contribution in [0.3, 0.4) is 0 Å². The normalized spacial score (nSPS) is 23.3. The van der Waals surface area contributed by atoms with Crippen molar-refractivity contribution in [2.45, 2.75) is 76.7 Å². The Morgan fingerprint density at radius 2 is 1.10 bits per heavy atom. The molecule has 0 saturated heterocycles. The molecule has 1 unspecified atom stereocenters. The maximum atomic E-state index is 14.4. The van der Waals surface area contributed by atoms with Gasteiger partial charge in [-0.25, -0.2) is 4.79 Å². The van der Waals surface area contributed by atoms with Gasteiger partial charge in [0, 0.05) is 0 Å². The zero-order valence-corrected chi connectivity index (χ0v) is 29.3. The molecule has 256 valence electrons. The predicted octanol–water partition coefficient (Wildman–Crippen LogP) is 8.95. The molecule has 0 amide bonds. The van der Waals surface area contributed by atoms with Gasteiger partial charge in [-0.2, -0.15) is 8.78 Å². The van der Waals surface area contributed by atoms with Crippen LogP contribution in [0.1, 0.15) is 76.5 Å². The third-order valence-electron chi connectivity index (χ3n) is 10.4. The molecule has 8 rings (SSSR count). The van der Waals surface area contributed by atoms with Crippen molar-refractivity contribution in [2.75, 3.05) is 0 Å². The Hall–Kier alpha value is -3.89. The first-order valence-electron chi connectivity index (χ1n) is 17.2. The Morgan fingerprint density at radius 1 is 0.694 bits per heavy atom. The lowest BCUT2D eigenvalue weighted by Gasteiger charge is -2.55. The van der Waals surface area contributed by atoms with Gasteiger partial charge in [0.1, 0.15) is 0 Å². The van der Waals surface area contributed by atoms with Crippen LogP contribution >= 0.6 is 7.92 Å². The van der Waals surface area contributed by atoms with Gasteiger partial charge in [0.05, 0.1) is 5.41 Å². The standard InChI is InChI=1S/C22H23P.C20H22F2O4/c1-22(2,3)18-14-16-21(17-15-18)23(19-10-6-4-7-11-19)20-12-8-5-9-13-20;21-20(22,17(23)24)16(15-4-2-1-3-5-15)26-18(25)19-9-12-6-13(10-19)8-14(7-12)11-19/h4-17H,1-3H3;1-5,12-14,16H,6-11H2,(H,23,24). The van der Waals surface area contributed by atoms with Gasteiger partial charge in [-0.15, -0.1) is 0 Å². The Labute approximate surface area is 289 Å². The molecule has 4 bridgehead atoms. The van der Waals surface area contributed by atoms with Crippen molar-refractivity contribution in [3.05, 3.63) is 126 Å². The quantitative estimate of drug-likeness (QED) is 0.149. The van der Waals surface area contributed by atoms with Crippen molar-refractivity contribution in [1.29, 1.82) is 0 Å². The van der Waals surface area contributed by atoms with Gasteiger partial charge in [0.2, 0.25) is 6.10 Å². The van der Waals surface area contributed by atoms with Crippen LogP contribution in [0.15, 0.2) is 115 Å². The van der Waals surface area contributed by atoms with Gasteiger partial charge in [0.25, 0.3) is 0 Å². The number of rotatable bonds is 8. The fourth-order valence-electron chi connectivity index (χ4n) is 8.40. The number of carbonyl (C=O) groups is 2. The number of alkyl halides is 2. The van der Waals surface area contributed by atoms with E-state index in [9.17, 15) is 18.4 Å². The van der Waals surface area contributed by atoms with E-state index >= 15 is 0 Å². The second kappa shape index (κ2) is 14.2. The Bertz CT molecular complexity index is 1640. The number of carbonyl (C=O) groups excluding carboxylic acids is 1. The number of carboxylic acids is 1. The summed E-state index contributed by atoms with van der Waals surface area (Å²) in [7, 11) is -0.494. The zero-order chi connectivity index (χ0) is 34.8. The first-order chi connectivity index (χ1) is 23.4. The third kappa shape index (κ3) is 7.65. The summed E-state index contributed by atoms with van der Waals surface area (Å²) in [5.74, 6) is -5.73. The predicted molar refractivity (Wildman–Crippen MR) is 192 cm³/mol. The van der Waals surface area contributed by atoms with Crippen molar-refractivity contribution >= 4 is 35.8 Å². The number of aliphatic carboxylic acids is 1. The molecular weight excluding hydrogens is 637 g/mol. The van der Waals surface area contributed by atoms with E-state index in [1.54, 1.807) is 6.07 Å². The van der Waals surface area contributed by atoms with Crippen LogP contribution < -0.4 is 15.9 Å². The SMILES string of the molecule is CC(C)(C)c1ccc(P(c2ccccc2)c2ccccc2)cc1.O=C(OC(c1ccccc1)C(F)(F)C(=O)O)C12CC3CC(CC(C3)C1)C2. The molecule has 0 radical (unpaired) electrons. The molecule has 0 aliphatic heterocycles. The molecule has 0 heterocycles. The van der Waals surface area contributed by atoms with E-state index in [-0.39, 0.29) is 11.0 Å². The lowest BCUT2D eigenvalue weighted by molar-refractivity contribution is -0.207. The molecule has 4 nitrogen and oxygen atoms in total. The molecule has 0 spiro atoms. The van der Waals surface area contributed by atoms with Crippen molar-refractivity contribution in [1.82, 2.24) is 0 Å². The van der Waals surface area contributed by atoms with Crippen molar-refractivity contribution in [2.24, 2.45) is 23.2 Å². The summed E-state index contributed by atoms with van der Waals surface area (Å²) in [6, 6.07) is 38.3. The van der Waals surface area contributed by atoms with E-state index in [0.717, 1.165) is 19.3 Å². The zero-order valence-electron chi connectivity index (χ0n) is 28.4. The number of halogens is 2. The maximum absolute atomic E-state index is 14.4. The van der Waals surface area contributed by atoms with Crippen LogP contribution in [0, 0.1) is 23.2 Å². The lowest BCUT2D eigenvalue weighted by atomic mass is 9.49. The Kier molecular flexibility index (Phi) is 10.1. The summed E-state index contributed by atoms with van der Waals surface area (Å²) >= 11 is 0. The average Bonchev–Trinajstić information content (AvgIpc) is 3.08. The summed E-state index contributed by atoms with van der Waals surface area (Å²) < 4.78 is 34.0. The molecule has 4 aromatic rings. The number of ether oxygens (including phenoxy) is 1. The van der Waals surface area contributed by atoms with E-state index in [0.29, 0.717) is 37.0 Å². The fourth-order valence-corrected chi connectivity index (χ4v) is 10.7. The summed E-state index contributed by atoms with van der Waals surface area (Å²) in [6.07, 6.45) is 3.26. The van der Waals surface area contributed by atoms with Crippen LogP contribution in [0.4, 0.5) is 8.78 Å². The molecule has 1 atom stereocenters.